The van der Waals surface area contributed by atoms with Crippen LogP contribution in [0.15, 0.2) is 47.6 Å². The van der Waals surface area contributed by atoms with Crippen LogP contribution in [0.2, 0.25) is 0 Å². The van der Waals surface area contributed by atoms with Crippen molar-refractivity contribution >= 4 is 22.0 Å². The maximum atomic E-state index is 12.1. The number of carbonyl (C=O) groups is 2. The molecule has 9 heteroatoms. The number of esters is 1. The first-order valence-electron chi connectivity index (χ1n) is 10.9. The summed E-state index contributed by atoms with van der Waals surface area (Å²) in [5.41, 5.74) is 1.36. The van der Waals surface area contributed by atoms with Crippen molar-refractivity contribution in [3.8, 4) is 0 Å². The molecule has 33 heavy (non-hydrogen) atoms. The Morgan fingerprint density at radius 3 is 2.39 bits per heavy atom. The molecule has 0 aromatic rings. The quantitative estimate of drug-likeness (QED) is 0.170. The summed E-state index contributed by atoms with van der Waals surface area (Å²) in [6.45, 7) is 10.4. The molecule has 3 unspecified atom stereocenters. The van der Waals surface area contributed by atoms with E-state index in [0.717, 1.165) is 25.5 Å². The molecule has 2 N–H and O–H groups in total. The van der Waals surface area contributed by atoms with Crippen LogP contribution < -0.4 is 5.32 Å². The Hall–Kier alpha value is -2.23. The molecule has 0 aromatic heterocycles. The Bertz CT molecular complexity index is 1010. The molecule has 0 bridgehead atoms. The Morgan fingerprint density at radius 2 is 1.82 bits per heavy atom. The molecule has 0 radical (unpaired) electrons. The minimum Gasteiger partial charge on any atom is -0.467 e. The minimum atomic E-state index is -4.48. The Kier molecular flexibility index (Phi) is 8.14. The molecule has 1 saturated carbocycles. The van der Waals surface area contributed by atoms with Gasteiger partial charge in [-0.3, -0.25) is 9.35 Å². The van der Waals surface area contributed by atoms with Crippen molar-refractivity contribution in [1.82, 2.24) is 5.32 Å². The molecule has 1 amide bonds. The van der Waals surface area contributed by atoms with Gasteiger partial charge in [-0.15, -0.1) is 0 Å². The zero-order valence-electron chi connectivity index (χ0n) is 20.2. The van der Waals surface area contributed by atoms with Crippen LogP contribution in [0.5, 0.6) is 0 Å². The smallest absolute Gasteiger partial charge is 0.329 e. The van der Waals surface area contributed by atoms with Gasteiger partial charge in [0.2, 0.25) is 5.91 Å². The van der Waals surface area contributed by atoms with E-state index in [0.29, 0.717) is 5.57 Å². The molecule has 8 nitrogen and oxygen atoms in total. The molecule has 0 spiro atoms. The highest BCUT2D eigenvalue weighted by molar-refractivity contribution is 7.85. The van der Waals surface area contributed by atoms with E-state index in [9.17, 15) is 18.0 Å². The number of hydrogen-bond acceptors (Lipinski definition) is 6. The van der Waals surface area contributed by atoms with Gasteiger partial charge in [0.15, 0.2) is 0 Å². The van der Waals surface area contributed by atoms with Gasteiger partial charge >= 0.3 is 5.97 Å². The van der Waals surface area contributed by atoms with E-state index in [1.54, 1.807) is 19.1 Å². The maximum Gasteiger partial charge on any atom is 0.329 e. The summed E-state index contributed by atoms with van der Waals surface area (Å²) in [6.07, 6.45) is 14.2. The number of fused-ring (bicyclic) bond motifs is 1. The summed E-state index contributed by atoms with van der Waals surface area (Å²) in [5, 5.41) is 2.23. The van der Waals surface area contributed by atoms with Crippen LogP contribution >= 0.6 is 0 Å². The van der Waals surface area contributed by atoms with E-state index >= 15 is 0 Å². The average Bonchev–Trinajstić information content (AvgIpc) is 3.31. The number of allylic oxidation sites excluding steroid dienone is 6. The van der Waals surface area contributed by atoms with E-state index in [1.165, 1.54) is 12.5 Å². The number of epoxide rings is 1. The summed E-state index contributed by atoms with van der Waals surface area (Å²) < 4.78 is 41.7. The lowest BCUT2D eigenvalue weighted by molar-refractivity contribution is -0.143. The van der Waals surface area contributed by atoms with E-state index in [1.807, 2.05) is 13.0 Å². The van der Waals surface area contributed by atoms with E-state index in [4.69, 9.17) is 9.29 Å². The van der Waals surface area contributed by atoms with Crippen molar-refractivity contribution in [3.63, 3.8) is 0 Å². The van der Waals surface area contributed by atoms with Crippen molar-refractivity contribution in [1.29, 1.82) is 0 Å². The summed E-state index contributed by atoms with van der Waals surface area (Å²) in [5.74, 6) is -2.62. The average molecular weight is 482 g/mol. The zero-order valence-corrected chi connectivity index (χ0v) is 21.0. The number of nitrogens with one attached hydrogen (secondary N) is 1. The van der Waals surface area contributed by atoms with Crippen molar-refractivity contribution in [2.75, 3.05) is 12.9 Å². The van der Waals surface area contributed by atoms with E-state index in [-0.39, 0.29) is 16.6 Å². The second-order valence-corrected chi connectivity index (χ2v) is 11.1. The number of rotatable bonds is 9. The van der Waals surface area contributed by atoms with Gasteiger partial charge in [0.25, 0.3) is 10.1 Å². The lowest BCUT2D eigenvalue weighted by Gasteiger charge is -2.36. The van der Waals surface area contributed by atoms with E-state index < -0.39 is 33.8 Å². The predicted octanol–water partition coefficient (Wildman–Crippen LogP) is 3.27. The van der Waals surface area contributed by atoms with Crippen LogP contribution in [0.4, 0.5) is 0 Å². The van der Waals surface area contributed by atoms with Gasteiger partial charge in [-0.1, -0.05) is 43.7 Å². The Balaban J connectivity index is 2.00. The summed E-state index contributed by atoms with van der Waals surface area (Å²) in [6, 6.07) is -1.50. The number of carbonyl (C=O) groups excluding carboxylic acids is 2. The Morgan fingerprint density at radius 1 is 1.15 bits per heavy atom. The molecule has 2 aliphatic rings. The molecule has 0 aromatic carbocycles. The highest BCUT2D eigenvalue weighted by Gasteiger charge is 2.73. The highest BCUT2D eigenvalue weighted by Crippen LogP contribution is 2.66. The maximum absolute atomic E-state index is 12.1. The standard InChI is InChI=1S/C24H35NO7S/c1-17(11-14-24-22(3,4)12-8-13-23(24,5)32-24)9-7-10-18(2)15-20(26)25-19(21(27)31-6)16-33(28,29)30/h7,9-11,14-15,19H,8,12-13,16H2,1-6H3,(H,25,26)(H,28,29,30)/b10-7+,14-11+,17-9-,18-15+. The number of ether oxygens (including phenoxy) is 2. The molecule has 2 rings (SSSR count). The van der Waals surface area contributed by atoms with Crippen LogP contribution in [0, 0.1) is 5.41 Å². The third kappa shape index (κ3) is 6.65. The minimum absolute atomic E-state index is 0.0801. The molecule has 184 valence electrons. The van der Waals surface area contributed by atoms with Crippen molar-refractivity contribution in [2.45, 2.75) is 71.1 Å². The van der Waals surface area contributed by atoms with Gasteiger partial charge in [-0.05, 0) is 51.7 Å². The topological polar surface area (TPSA) is 122 Å². The monoisotopic (exact) mass is 481 g/mol. The Labute approximate surface area is 196 Å². The zero-order chi connectivity index (χ0) is 25.1. The van der Waals surface area contributed by atoms with Gasteiger partial charge < -0.3 is 14.8 Å². The third-order valence-corrected chi connectivity index (χ3v) is 7.18. The summed E-state index contributed by atoms with van der Waals surface area (Å²) >= 11 is 0. The van der Waals surface area contributed by atoms with Gasteiger partial charge in [-0.25, -0.2) is 4.79 Å². The summed E-state index contributed by atoms with van der Waals surface area (Å²) in [7, 11) is -3.42. The second kappa shape index (κ2) is 9.95. The summed E-state index contributed by atoms with van der Waals surface area (Å²) in [4.78, 5) is 23.8. The third-order valence-electron chi connectivity index (χ3n) is 6.43. The number of amides is 1. The van der Waals surface area contributed by atoms with Crippen molar-refractivity contribution < 1.29 is 32.0 Å². The molecule has 1 heterocycles. The lowest BCUT2D eigenvalue weighted by atomic mass is 9.64. The molecule has 3 atom stereocenters. The molecular weight excluding hydrogens is 446 g/mol. The van der Waals surface area contributed by atoms with Crippen LogP contribution in [0.25, 0.3) is 0 Å². The van der Waals surface area contributed by atoms with Gasteiger partial charge in [0, 0.05) is 11.5 Å². The van der Waals surface area contributed by atoms with E-state index in [2.05, 4.69) is 43.0 Å². The first-order chi connectivity index (χ1) is 15.1. The number of methoxy groups -OCH3 is 1. The van der Waals surface area contributed by atoms with Crippen molar-refractivity contribution in [2.24, 2.45) is 5.41 Å². The molecule has 1 aliphatic heterocycles. The first kappa shape index (κ1) is 27.0. The van der Waals surface area contributed by atoms with Gasteiger partial charge in [0.05, 0.1) is 12.7 Å². The van der Waals surface area contributed by atoms with Gasteiger partial charge in [0.1, 0.15) is 17.4 Å². The SMILES string of the molecule is COC(=O)C(CS(=O)(=O)O)NC(=O)/C=C(C)/C=C/C=C(C)\C=C\C12OC1(C)CCCC2(C)C. The first-order valence-corrected chi connectivity index (χ1v) is 12.5. The fourth-order valence-electron chi connectivity index (χ4n) is 4.56. The predicted molar refractivity (Wildman–Crippen MR) is 126 cm³/mol. The largest absolute Gasteiger partial charge is 0.467 e. The second-order valence-electron chi connectivity index (χ2n) is 9.63. The fourth-order valence-corrected chi connectivity index (χ4v) is 5.20. The van der Waals surface area contributed by atoms with Crippen LogP contribution in [0.3, 0.4) is 0 Å². The molecule has 2 fully saturated rings. The van der Waals surface area contributed by atoms with Crippen LogP contribution in [-0.2, 0) is 29.2 Å². The normalized spacial score (nSPS) is 28.5. The highest BCUT2D eigenvalue weighted by atomic mass is 32.2. The molecule has 1 aliphatic carbocycles. The molecular formula is C24H35NO7S. The van der Waals surface area contributed by atoms with Crippen LogP contribution in [0.1, 0.15) is 53.9 Å². The van der Waals surface area contributed by atoms with Crippen molar-refractivity contribution in [3.05, 3.63) is 47.6 Å². The van der Waals surface area contributed by atoms with Crippen LogP contribution in [-0.4, -0.2) is 55.0 Å². The molecule has 1 saturated heterocycles. The number of hydrogen-bond donors (Lipinski definition) is 2. The lowest BCUT2D eigenvalue weighted by Crippen LogP contribution is -2.45. The van der Waals surface area contributed by atoms with Gasteiger partial charge in [-0.2, -0.15) is 8.42 Å². The fraction of sp³-hybridized carbons (Fsp3) is 0.583.